The minimum Gasteiger partial charge on any atom is -0.478 e. The van der Waals surface area contributed by atoms with E-state index in [-0.39, 0.29) is 17.6 Å². The number of hydrogen-bond acceptors (Lipinski definition) is 3. The third kappa shape index (κ3) is 4.55. The highest BCUT2D eigenvalue weighted by Gasteiger charge is 2.36. The molecule has 0 fully saturated rings. The third-order valence-corrected chi connectivity index (χ3v) is 4.70. The van der Waals surface area contributed by atoms with Gasteiger partial charge in [-0.15, -0.1) is 11.6 Å². The second kappa shape index (κ2) is 8.70. The first-order valence-electron chi connectivity index (χ1n) is 9.17. The summed E-state index contributed by atoms with van der Waals surface area (Å²) in [5, 5.41) is -0.598. The van der Waals surface area contributed by atoms with Gasteiger partial charge >= 0.3 is 0 Å². The number of halogens is 1. The smallest absolute Gasteiger partial charge is 0.268 e. The van der Waals surface area contributed by atoms with Crippen molar-refractivity contribution in [3.63, 3.8) is 0 Å². The van der Waals surface area contributed by atoms with Gasteiger partial charge in [-0.25, -0.2) is 0 Å². The number of Topliss-reactive ketones (excluding diaryl/α,β-unsaturated/α-hetero) is 1. The lowest BCUT2D eigenvalue weighted by molar-refractivity contribution is -0.128. The lowest BCUT2D eigenvalue weighted by atomic mass is 10.0. The number of benzene rings is 1. The minimum atomic E-state index is -0.598. The number of ketones is 1. The Labute approximate surface area is 155 Å². The predicted octanol–water partition coefficient (Wildman–Crippen LogP) is 4.83. The number of fused-ring (bicyclic) bond motifs is 1. The fraction of sp³-hybridized carbons (Fsp3) is 0.600. The van der Waals surface area contributed by atoms with Gasteiger partial charge in [-0.3, -0.25) is 9.59 Å². The number of ether oxygens (including phenoxy) is 1. The van der Waals surface area contributed by atoms with Crippen molar-refractivity contribution in [1.29, 1.82) is 0 Å². The summed E-state index contributed by atoms with van der Waals surface area (Å²) >= 11 is 5.93. The van der Waals surface area contributed by atoms with Crippen LogP contribution in [-0.2, 0) is 4.79 Å². The summed E-state index contributed by atoms with van der Waals surface area (Å²) in [6.45, 7) is 8.43. The number of rotatable bonds is 8. The van der Waals surface area contributed by atoms with Gasteiger partial charge in [-0.05, 0) is 37.5 Å². The minimum absolute atomic E-state index is 0.0254. The molecule has 0 radical (unpaired) electrons. The van der Waals surface area contributed by atoms with E-state index in [1.807, 2.05) is 13.8 Å². The lowest BCUT2D eigenvalue weighted by Crippen LogP contribution is -2.48. The van der Waals surface area contributed by atoms with Gasteiger partial charge in [0.05, 0.1) is 11.1 Å². The number of alkyl halides is 1. The maximum atomic E-state index is 12.9. The quantitative estimate of drug-likeness (QED) is 0.376. The molecule has 1 aromatic rings. The topological polar surface area (TPSA) is 46.6 Å². The van der Waals surface area contributed by atoms with Crippen LogP contribution in [0.25, 0.3) is 0 Å². The number of amides is 1. The first-order chi connectivity index (χ1) is 11.9. The highest BCUT2D eigenvalue weighted by atomic mass is 35.5. The SMILES string of the molecule is CCCCCCN1C(=O)C(C(C)C)Oc2ccc(C(=O)C(C)Cl)cc21. The van der Waals surface area contributed by atoms with Crippen molar-refractivity contribution in [1.82, 2.24) is 0 Å². The zero-order valence-corrected chi connectivity index (χ0v) is 16.3. The largest absolute Gasteiger partial charge is 0.478 e. The highest BCUT2D eigenvalue weighted by molar-refractivity contribution is 6.33. The Kier molecular flexibility index (Phi) is 6.88. The van der Waals surface area contributed by atoms with E-state index in [1.54, 1.807) is 30.0 Å². The van der Waals surface area contributed by atoms with Crippen molar-refractivity contribution < 1.29 is 14.3 Å². The molecule has 1 heterocycles. The second-order valence-corrected chi connectivity index (χ2v) is 7.65. The third-order valence-electron chi connectivity index (χ3n) is 4.50. The molecule has 1 amide bonds. The number of anilines is 1. The molecule has 1 aliphatic rings. The van der Waals surface area contributed by atoms with Crippen LogP contribution < -0.4 is 9.64 Å². The summed E-state index contributed by atoms with van der Waals surface area (Å²) < 4.78 is 5.92. The van der Waals surface area contributed by atoms with Crippen molar-refractivity contribution >= 4 is 29.0 Å². The molecule has 0 bridgehead atoms. The van der Waals surface area contributed by atoms with Gasteiger partial charge in [-0.1, -0.05) is 40.0 Å². The van der Waals surface area contributed by atoms with Gasteiger partial charge in [-0.2, -0.15) is 0 Å². The standard InChI is InChI=1S/C20H28ClNO3/c1-5-6-7-8-11-22-16-12-15(18(23)14(4)21)9-10-17(16)25-19(13(2)3)20(22)24/h9-10,12-14,19H,5-8,11H2,1-4H3. The van der Waals surface area contributed by atoms with E-state index in [9.17, 15) is 9.59 Å². The molecule has 138 valence electrons. The Bertz CT molecular complexity index is 627. The van der Waals surface area contributed by atoms with Gasteiger partial charge in [0.1, 0.15) is 5.75 Å². The molecule has 25 heavy (non-hydrogen) atoms. The Hall–Kier alpha value is -1.55. The first kappa shape index (κ1) is 19.8. The highest BCUT2D eigenvalue weighted by Crippen LogP contribution is 2.37. The first-order valence-corrected chi connectivity index (χ1v) is 9.60. The lowest BCUT2D eigenvalue weighted by Gasteiger charge is -2.36. The molecular formula is C20H28ClNO3. The van der Waals surface area contributed by atoms with Gasteiger partial charge in [0.2, 0.25) is 0 Å². The van der Waals surface area contributed by atoms with Crippen LogP contribution in [0, 0.1) is 5.92 Å². The van der Waals surface area contributed by atoms with Crippen LogP contribution in [0.15, 0.2) is 18.2 Å². The van der Waals surface area contributed by atoms with Crippen LogP contribution in [0.3, 0.4) is 0 Å². The van der Waals surface area contributed by atoms with Crippen molar-refractivity contribution in [2.75, 3.05) is 11.4 Å². The van der Waals surface area contributed by atoms with E-state index in [2.05, 4.69) is 6.92 Å². The molecule has 0 N–H and O–H groups in total. The molecule has 2 unspecified atom stereocenters. The molecule has 1 aromatic carbocycles. The van der Waals surface area contributed by atoms with Gasteiger partial charge in [0.25, 0.3) is 5.91 Å². The molecule has 2 rings (SSSR count). The normalized spacial score (nSPS) is 18.1. The van der Waals surface area contributed by atoms with E-state index in [4.69, 9.17) is 16.3 Å². The van der Waals surface area contributed by atoms with Crippen LogP contribution >= 0.6 is 11.6 Å². The number of nitrogens with zero attached hydrogens (tertiary/aromatic N) is 1. The zero-order valence-electron chi connectivity index (χ0n) is 15.5. The van der Waals surface area contributed by atoms with Crippen molar-refractivity contribution in [3.05, 3.63) is 23.8 Å². The summed E-state index contributed by atoms with van der Waals surface area (Å²) in [5.41, 5.74) is 1.20. The molecule has 0 aliphatic carbocycles. The molecular weight excluding hydrogens is 338 g/mol. The summed E-state index contributed by atoms with van der Waals surface area (Å²) in [5.74, 6) is 0.576. The van der Waals surface area contributed by atoms with Crippen LogP contribution in [0.4, 0.5) is 5.69 Å². The average Bonchev–Trinajstić information content (AvgIpc) is 2.58. The van der Waals surface area contributed by atoms with E-state index >= 15 is 0 Å². The number of unbranched alkanes of at least 4 members (excludes halogenated alkanes) is 3. The van der Waals surface area contributed by atoms with Gasteiger partial charge in [0, 0.05) is 12.1 Å². The van der Waals surface area contributed by atoms with Crippen LogP contribution in [0.1, 0.15) is 63.7 Å². The van der Waals surface area contributed by atoms with Crippen molar-refractivity contribution in [3.8, 4) is 5.75 Å². The Morgan fingerprint density at radius 3 is 2.56 bits per heavy atom. The van der Waals surface area contributed by atoms with Gasteiger partial charge < -0.3 is 9.64 Å². The molecule has 0 saturated heterocycles. The summed E-state index contributed by atoms with van der Waals surface area (Å²) in [4.78, 5) is 26.9. The van der Waals surface area contributed by atoms with Crippen LogP contribution in [0.2, 0.25) is 0 Å². The number of carbonyl (C=O) groups is 2. The zero-order chi connectivity index (χ0) is 18.6. The molecule has 4 nitrogen and oxygen atoms in total. The molecule has 2 atom stereocenters. The Balaban J connectivity index is 2.33. The fourth-order valence-electron chi connectivity index (χ4n) is 3.02. The van der Waals surface area contributed by atoms with E-state index in [0.717, 1.165) is 25.7 Å². The summed E-state index contributed by atoms with van der Waals surface area (Å²) in [6, 6.07) is 5.25. The molecule has 0 spiro atoms. The van der Waals surface area contributed by atoms with Crippen molar-refractivity contribution in [2.24, 2.45) is 5.92 Å². The maximum Gasteiger partial charge on any atom is 0.268 e. The average molecular weight is 366 g/mol. The fourth-order valence-corrected chi connectivity index (χ4v) is 3.14. The van der Waals surface area contributed by atoms with Crippen molar-refractivity contribution in [2.45, 2.75) is 64.9 Å². The van der Waals surface area contributed by atoms with E-state index in [0.29, 0.717) is 23.5 Å². The molecule has 0 aromatic heterocycles. The van der Waals surface area contributed by atoms with E-state index in [1.165, 1.54) is 0 Å². The van der Waals surface area contributed by atoms with Crippen LogP contribution in [-0.4, -0.2) is 29.7 Å². The summed E-state index contributed by atoms with van der Waals surface area (Å²) in [6.07, 6.45) is 3.84. The maximum absolute atomic E-state index is 12.9. The second-order valence-electron chi connectivity index (χ2n) is 7.00. The van der Waals surface area contributed by atoms with E-state index < -0.39 is 11.5 Å². The molecule has 0 saturated carbocycles. The monoisotopic (exact) mass is 365 g/mol. The Morgan fingerprint density at radius 2 is 1.96 bits per heavy atom. The summed E-state index contributed by atoms with van der Waals surface area (Å²) in [7, 11) is 0. The number of carbonyl (C=O) groups excluding carboxylic acids is 2. The number of hydrogen-bond donors (Lipinski definition) is 0. The molecule has 1 aliphatic heterocycles. The molecule has 5 heteroatoms. The Morgan fingerprint density at radius 1 is 1.24 bits per heavy atom. The predicted molar refractivity (Wildman–Crippen MR) is 102 cm³/mol. The van der Waals surface area contributed by atoms with Crippen LogP contribution in [0.5, 0.6) is 5.75 Å². The van der Waals surface area contributed by atoms with Gasteiger partial charge in [0.15, 0.2) is 11.9 Å².